The summed E-state index contributed by atoms with van der Waals surface area (Å²) in [5.74, 6) is -1.04. The largest absolute Gasteiger partial charge is 0.438 e. The molecule has 0 saturated carbocycles. The molecule has 0 aliphatic carbocycles. The van der Waals surface area contributed by atoms with Gasteiger partial charge >= 0.3 is 0 Å². The number of amides is 1. The van der Waals surface area contributed by atoms with Crippen molar-refractivity contribution >= 4 is 39.3 Å². The molecule has 0 spiro atoms. The number of hydrogen-bond donors (Lipinski definition) is 3. The first kappa shape index (κ1) is 19.5. The average Bonchev–Trinajstić information content (AvgIpc) is 3.36. The van der Waals surface area contributed by atoms with Crippen LogP contribution < -0.4 is 15.5 Å². The summed E-state index contributed by atoms with van der Waals surface area (Å²) in [6, 6.07) is 6.33. The lowest BCUT2D eigenvalue weighted by Gasteiger charge is -2.30. The van der Waals surface area contributed by atoms with Crippen LogP contribution >= 0.6 is 0 Å². The molecule has 3 N–H and O–H groups in total. The Hall–Kier alpha value is -3.50. The van der Waals surface area contributed by atoms with Gasteiger partial charge in [-0.25, -0.2) is 9.37 Å². The summed E-state index contributed by atoms with van der Waals surface area (Å²) >= 11 is 0. The number of benzene rings is 2. The van der Waals surface area contributed by atoms with Gasteiger partial charge in [-0.05, 0) is 18.2 Å². The van der Waals surface area contributed by atoms with E-state index >= 15 is 0 Å². The second kappa shape index (κ2) is 7.64. The molecule has 1 saturated heterocycles. The number of hydrogen-bond acceptors (Lipinski definition) is 7. The van der Waals surface area contributed by atoms with E-state index in [9.17, 15) is 9.18 Å². The average molecular weight is 424 g/mol. The third-order valence-electron chi connectivity index (χ3n) is 5.36. The van der Waals surface area contributed by atoms with Crippen molar-refractivity contribution in [3.63, 3.8) is 0 Å². The molecule has 1 fully saturated rings. The molecule has 2 aromatic carbocycles. The fraction of sp³-hybridized carbons (Fsp3) is 0.286. The Morgan fingerprint density at radius 1 is 1.29 bits per heavy atom. The maximum atomic E-state index is 14.4. The van der Waals surface area contributed by atoms with Gasteiger partial charge in [0.05, 0.1) is 5.56 Å². The van der Waals surface area contributed by atoms with Gasteiger partial charge in [0.2, 0.25) is 5.89 Å². The van der Waals surface area contributed by atoms with Gasteiger partial charge in [-0.15, -0.1) is 0 Å². The van der Waals surface area contributed by atoms with Crippen LogP contribution in [0.15, 0.2) is 34.9 Å². The van der Waals surface area contributed by atoms with Crippen LogP contribution in [0.4, 0.5) is 15.8 Å². The zero-order valence-corrected chi connectivity index (χ0v) is 16.9. The topological polar surface area (TPSA) is 108 Å². The van der Waals surface area contributed by atoms with Gasteiger partial charge in [-0.2, -0.15) is 5.10 Å². The maximum absolute atomic E-state index is 14.4. The molecule has 10 heteroatoms. The zero-order chi connectivity index (χ0) is 21.5. The van der Waals surface area contributed by atoms with Gasteiger partial charge < -0.3 is 25.1 Å². The normalized spacial score (nSPS) is 14.5. The van der Waals surface area contributed by atoms with Crippen LogP contribution in [-0.2, 0) is 13.7 Å². The first-order chi connectivity index (χ1) is 15.0. The van der Waals surface area contributed by atoms with Gasteiger partial charge in [0.15, 0.2) is 11.4 Å². The van der Waals surface area contributed by atoms with Crippen molar-refractivity contribution in [1.29, 1.82) is 0 Å². The van der Waals surface area contributed by atoms with E-state index in [2.05, 4.69) is 25.6 Å². The fourth-order valence-electron chi connectivity index (χ4n) is 3.94. The molecule has 9 nitrogen and oxygen atoms in total. The summed E-state index contributed by atoms with van der Waals surface area (Å²) in [7, 11) is 1.81. The highest BCUT2D eigenvalue weighted by molar-refractivity contribution is 6.14. The maximum Gasteiger partial charge on any atom is 0.257 e. The van der Waals surface area contributed by atoms with Crippen molar-refractivity contribution in [1.82, 2.24) is 20.1 Å². The molecule has 0 atom stereocenters. The lowest BCUT2D eigenvalue weighted by molar-refractivity contribution is 0.102. The summed E-state index contributed by atoms with van der Waals surface area (Å²) in [5.41, 5.74) is 2.40. The number of fused-ring (bicyclic) bond motifs is 2. The Balaban J connectivity index is 1.49. The Morgan fingerprint density at radius 2 is 2.10 bits per heavy atom. The summed E-state index contributed by atoms with van der Waals surface area (Å²) in [6.07, 6.45) is 1.90. The Bertz CT molecular complexity index is 1290. The first-order valence-electron chi connectivity index (χ1n) is 9.96. The highest BCUT2D eigenvalue weighted by Crippen LogP contribution is 2.30. The summed E-state index contributed by atoms with van der Waals surface area (Å²) in [4.78, 5) is 19.2. The Labute approximate surface area is 176 Å². The van der Waals surface area contributed by atoms with E-state index < -0.39 is 18.3 Å². The van der Waals surface area contributed by atoms with Gasteiger partial charge in [0, 0.05) is 62.3 Å². The molecule has 31 heavy (non-hydrogen) atoms. The van der Waals surface area contributed by atoms with Crippen molar-refractivity contribution in [2.75, 3.05) is 36.4 Å². The molecule has 0 bridgehead atoms. The number of oxazole rings is 1. The van der Waals surface area contributed by atoms with Crippen LogP contribution in [0, 0.1) is 5.82 Å². The molecule has 2 aromatic heterocycles. The van der Waals surface area contributed by atoms with E-state index in [1.807, 2.05) is 19.3 Å². The predicted octanol–water partition coefficient (Wildman–Crippen LogP) is 2.01. The number of aliphatic hydroxyl groups is 1. The van der Waals surface area contributed by atoms with E-state index in [1.54, 1.807) is 10.7 Å². The molecular formula is C21H21FN6O3. The number of halogens is 1. The number of aliphatic hydroxyl groups excluding tert-OH is 1. The third-order valence-corrected chi connectivity index (χ3v) is 5.36. The van der Waals surface area contributed by atoms with Gasteiger partial charge in [-0.1, -0.05) is 0 Å². The minimum atomic E-state index is -0.645. The van der Waals surface area contributed by atoms with Crippen LogP contribution in [0.5, 0.6) is 0 Å². The van der Waals surface area contributed by atoms with Crippen molar-refractivity contribution in [2.24, 2.45) is 7.05 Å². The van der Waals surface area contributed by atoms with Crippen molar-refractivity contribution < 1.29 is 18.7 Å². The molecular weight excluding hydrogens is 403 g/mol. The van der Waals surface area contributed by atoms with Crippen LogP contribution in [0.1, 0.15) is 16.2 Å². The van der Waals surface area contributed by atoms with Crippen molar-refractivity contribution in [2.45, 2.75) is 6.61 Å². The Morgan fingerprint density at radius 3 is 2.87 bits per heavy atom. The molecule has 1 aliphatic rings. The smallest absolute Gasteiger partial charge is 0.257 e. The number of nitrogens with zero attached hydrogens (tertiary/aromatic N) is 4. The lowest BCUT2D eigenvalue weighted by atomic mass is 10.1. The molecule has 5 rings (SSSR count). The van der Waals surface area contributed by atoms with E-state index in [4.69, 9.17) is 9.52 Å². The first-order valence-corrected chi connectivity index (χ1v) is 9.96. The fourth-order valence-corrected chi connectivity index (χ4v) is 3.94. The quantitative estimate of drug-likeness (QED) is 0.460. The minimum Gasteiger partial charge on any atom is -0.438 e. The van der Waals surface area contributed by atoms with Gasteiger partial charge in [0.25, 0.3) is 5.91 Å². The SMILES string of the molecule is Cn1cc2c(N3CCNCC3)ccc(C(=O)Nc3cc(F)c4nc(CO)oc4c3)c2n1. The number of nitrogens with one attached hydrogen (secondary N) is 2. The molecule has 1 amide bonds. The van der Waals surface area contributed by atoms with Crippen LogP contribution in [-0.4, -0.2) is 52.0 Å². The molecule has 3 heterocycles. The summed E-state index contributed by atoms with van der Waals surface area (Å²) < 4.78 is 21.4. The van der Waals surface area contributed by atoms with Crippen LogP contribution in [0.25, 0.3) is 22.0 Å². The predicted molar refractivity (Wildman–Crippen MR) is 114 cm³/mol. The minimum absolute atomic E-state index is 0.00883. The number of aromatic nitrogens is 3. The zero-order valence-electron chi connectivity index (χ0n) is 16.9. The molecule has 4 aromatic rings. The van der Waals surface area contributed by atoms with Crippen molar-refractivity contribution in [3.8, 4) is 0 Å². The van der Waals surface area contributed by atoms with E-state index in [-0.39, 0.29) is 22.7 Å². The molecule has 160 valence electrons. The highest BCUT2D eigenvalue weighted by atomic mass is 19.1. The second-order valence-electron chi connectivity index (χ2n) is 7.46. The molecule has 0 radical (unpaired) electrons. The highest BCUT2D eigenvalue weighted by Gasteiger charge is 2.21. The number of aryl methyl sites for hydroxylation is 1. The Kier molecular flexibility index (Phi) is 4.79. The third kappa shape index (κ3) is 3.49. The molecule has 0 unspecified atom stereocenters. The number of carbonyl (C=O) groups excluding carboxylic acids is 1. The van der Waals surface area contributed by atoms with Crippen molar-refractivity contribution in [3.05, 3.63) is 47.7 Å². The van der Waals surface area contributed by atoms with Gasteiger partial charge in [0.1, 0.15) is 17.6 Å². The van der Waals surface area contributed by atoms with Crippen LogP contribution in [0.3, 0.4) is 0 Å². The van der Waals surface area contributed by atoms with E-state index in [0.717, 1.165) is 37.3 Å². The number of carbonyl (C=O) groups is 1. The number of rotatable bonds is 4. The van der Waals surface area contributed by atoms with E-state index in [1.165, 1.54) is 12.1 Å². The van der Waals surface area contributed by atoms with Gasteiger partial charge in [-0.3, -0.25) is 9.48 Å². The number of anilines is 2. The second-order valence-corrected chi connectivity index (χ2v) is 7.46. The summed E-state index contributed by atoms with van der Waals surface area (Å²) in [6.45, 7) is 3.12. The standard InChI is InChI=1S/C21H21FN6O3/c1-27-10-14-16(28-6-4-23-5-7-28)3-2-13(19(14)26-27)21(30)24-12-8-15(22)20-17(9-12)31-18(11-29)25-20/h2-3,8-10,23,29H,4-7,11H2,1H3,(H,24,30). The number of piperazine rings is 1. The molecule has 1 aliphatic heterocycles. The van der Waals surface area contributed by atoms with E-state index in [0.29, 0.717) is 11.1 Å². The van der Waals surface area contributed by atoms with Crippen LogP contribution in [0.2, 0.25) is 0 Å². The monoisotopic (exact) mass is 424 g/mol. The summed E-state index contributed by atoms with van der Waals surface area (Å²) in [5, 5.41) is 20.6. The lowest BCUT2D eigenvalue weighted by Crippen LogP contribution is -2.43.